The highest BCUT2D eigenvalue weighted by Gasteiger charge is 2.36. The Bertz CT molecular complexity index is 803. The van der Waals surface area contributed by atoms with Crippen molar-refractivity contribution in [2.24, 2.45) is 0 Å². The summed E-state index contributed by atoms with van der Waals surface area (Å²) < 4.78 is 10.5. The second-order valence-corrected chi connectivity index (χ2v) is 5.50. The van der Waals surface area contributed by atoms with E-state index in [1.165, 1.54) is 11.0 Å². The van der Waals surface area contributed by atoms with Gasteiger partial charge in [0.1, 0.15) is 11.5 Å². The number of carbonyl (C=O) groups is 2. The molecule has 118 valence electrons. The Kier molecular flexibility index (Phi) is 3.96. The third-order valence-electron chi connectivity index (χ3n) is 3.76. The smallest absolute Gasteiger partial charge is 0.299 e. The predicted molar refractivity (Wildman–Crippen MR) is 86.5 cm³/mol. The number of ether oxygens (including phenoxy) is 2. The van der Waals surface area contributed by atoms with E-state index in [2.05, 4.69) is 0 Å². The van der Waals surface area contributed by atoms with Gasteiger partial charge in [-0.15, -0.1) is 0 Å². The minimum atomic E-state index is -0.569. The predicted octanol–water partition coefficient (Wildman–Crippen LogP) is 3.09. The van der Waals surface area contributed by atoms with Gasteiger partial charge in [-0.05, 0) is 30.3 Å². The molecule has 0 aliphatic carbocycles. The molecule has 1 aliphatic rings. The number of fused-ring (bicyclic) bond motifs is 1. The van der Waals surface area contributed by atoms with Crippen LogP contribution in [0.5, 0.6) is 11.5 Å². The number of carbonyl (C=O) groups excluding carboxylic acids is 2. The van der Waals surface area contributed by atoms with E-state index < -0.39 is 11.7 Å². The van der Waals surface area contributed by atoms with Crippen molar-refractivity contribution in [3.63, 3.8) is 0 Å². The van der Waals surface area contributed by atoms with Crippen LogP contribution < -0.4 is 14.4 Å². The summed E-state index contributed by atoms with van der Waals surface area (Å²) in [5.74, 6) is 0.128. The second kappa shape index (κ2) is 5.93. The fraction of sp³-hybridized carbons (Fsp3) is 0.176. The maximum Gasteiger partial charge on any atom is 0.299 e. The number of anilines is 1. The SMILES string of the molecule is COc1ccc(CN2C(=O)C(=O)c3cc(Cl)ccc32)c(OC)c1. The monoisotopic (exact) mass is 331 g/mol. The molecule has 0 bridgehead atoms. The molecule has 0 radical (unpaired) electrons. The molecule has 0 saturated heterocycles. The Morgan fingerprint density at radius 3 is 2.52 bits per heavy atom. The maximum atomic E-state index is 12.3. The third kappa shape index (κ3) is 2.64. The normalized spacial score (nSPS) is 13.3. The first-order valence-electron chi connectivity index (χ1n) is 6.92. The molecule has 0 atom stereocenters. The third-order valence-corrected chi connectivity index (χ3v) is 3.99. The van der Waals surface area contributed by atoms with Crippen LogP contribution in [-0.4, -0.2) is 25.9 Å². The van der Waals surface area contributed by atoms with Crippen LogP contribution in [0.3, 0.4) is 0 Å². The van der Waals surface area contributed by atoms with Crippen LogP contribution in [-0.2, 0) is 11.3 Å². The molecule has 1 aliphatic heterocycles. The lowest BCUT2D eigenvalue weighted by Gasteiger charge is -2.18. The van der Waals surface area contributed by atoms with E-state index >= 15 is 0 Å². The average Bonchev–Trinajstić information content (AvgIpc) is 2.80. The van der Waals surface area contributed by atoms with E-state index in [4.69, 9.17) is 21.1 Å². The summed E-state index contributed by atoms with van der Waals surface area (Å²) in [6.45, 7) is 0.229. The van der Waals surface area contributed by atoms with E-state index in [9.17, 15) is 9.59 Å². The van der Waals surface area contributed by atoms with Crippen molar-refractivity contribution in [1.29, 1.82) is 0 Å². The Balaban J connectivity index is 1.98. The van der Waals surface area contributed by atoms with E-state index in [0.29, 0.717) is 27.8 Å². The van der Waals surface area contributed by atoms with Crippen LogP contribution in [0.15, 0.2) is 36.4 Å². The first kappa shape index (κ1) is 15.4. The number of halogens is 1. The minimum absolute atomic E-state index is 0.229. The van der Waals surface area contributed by atoms with Crippen molar-refractivity contribution in [2.45, 2.75) is 6.54 Å². The Morgan fingerprint density at radius 2 is 1.83 bits per heavy atom. The highest BCUT2D eigenvalue weighted by atomic mass is 35.5. The van der Waals surface area contributed by atoms with Gasteiger partial charge in [-0.2, -0.15) is 0 Å². The van der Waals surface area contributed by atoms with Crippen LogP contribution in [0.2, 0.25) is 5.02 Å². The molecule has 1 heterocycles. The number of hydrogen-bond acceptors (Lipinski definition) is 4. The fourth-order valence-corrected chi connectivity index (χ4v) is 2.75. The van der Waals surface area contributed by atoms with Crippen LogP contribution in [0.25, 0.3) is 0 Å². The number of Topliss-reactive ketones (excluding diaryl/α,β-unsaturated/α-hetero) is 1. The Labute approximate surface area is 138 Å². The molecule has 1 amide bonds. The molecule has 6 heteroatoms. The van der Waals surface area contributed by atoms with Gasteiger partial charge in [0.2, 0.25) is 0 Å². The molecule has 0 aromatic heterocycles. The summed E-state index contributed by atoms with van der Waals surface area (Å²) in [6.07, 6.45) is 0. The molecular weight excluding hydrogens is 318 g/mol. The van der Waals surface area contributed by atoms with Gasteiger partial charge in [0, 0.05) is 16.7 Å². The summed E-state index contributed by atoms with van der Waals surface area (Å²) in [4.78, 5) is 25.8. The summed E-state index contributed by atoms with van der Waals surface area (Å²) in [6, 6.07) is 10.2. The molecule has 0 spiro atoms. The minimum Gasteiger partial charge on any atom is -0.497 e. The highest BCUT2D eigenvalue weighted by molar-refractivity contribution is 6.52. The zero-order valence-corrected chi connectivity index (χ0v) is 13.4. The van der Waals surface area contributed by atoms with Crippen molar-refractivity contribution >= 4 is 29.0 Å². The molecule has 0 fully saturated rings. The Hall–Kier alpha value is -2.53. The lowest BCUT2D eigenvalue weighted by atomic mass is 10.1. The number of nitrogens with zero attached hydrogens (tertiary/aromatic N) is 1. The van der Waals surface area contributed by atoms with Crippen molar-refractivity contribution in [3.8, 4) is 11.5 Å². The largest absolute Gasteiger partial charge is 0.497 e. The van der Waals surface area contributed by atoms with Gasteiger partial charge in [-0.25, -0.2) is 0 Å². The van der Waals surface area contributed by atoms with Crippen molar-refractivity contribution in [3.05, 3.63) is 52.5 Å². The molecule has 0 saturated carbocycles. The van der Waals surface area contributed by atoms with Gasteiger partial charge in [0.05, 0.1) is 32.0 Å². The van der Waals surface area contributed by atoms with Crippen LogP contribution in [0.4, 0.5) is 5.69 Å². The van der Waals surface area contributed by atoms with Crippen molar-refractivity contribution < 1.29 is 19.1 Å². The van der Waals surface area contributed by atoms with E-state index in [1.54, 1.807) is 38.5 Å². The van der Waals surface area contributed by atoms with Gasteiger partial charge < -0.3 is 14.4 Å². The number of rotatable bonds is 4. The van der Waals surface area contributed by atoms with Gasteiger partial charge in [0.15, 0.2) is 0 Å². The van der Waals surface area contributed by atoms with Crippen molar-refractivity contribution in [1.82, 2.24) is 0 Å². The van der Waals surface area contributed by atoms with Crippen LogP contribution in [0, 0.1) is 0 Å². The summed E-state index contributed by atoms with van der Waals surface area (Å²) in [7, 11) is 3.11. The van der Waals surface area contributed by atoms with Gasteiger partial charge >= 0.3 is 0 Å². The van der Waals surface area contributed by atoms with Crippen molar-refractivity contribution in [2.75, 3.05) is 19.1 Å². The molecule has 23 heavy (non-hydrogen) atoms. The fourth-order valence-electron chi connectivity index (χ4n) is 2.58. The van der Waals surface area contributed by atoms with Crippen LogP contribution in [0.1, 0.15) is 15.9 Å². The first-order valence-corrected chi connectivity index (χ1v) is 7.29. The van der Waals surface area contributed by atoms with Gasteiger partial charge in [-0.3, -0.25) is 9.59 Å². The summed E-state index contributed by atoms with van der Waals surface area (Å²) in [5.41, 5.74) is 1.66. The molecule has 2 aromatic carbocycles. The quantitative estimate of drug-likeness (QED) is 0.808. The van der Waals surface area contributed by atoms with E-state index in [0.717, 1.165) is 5.56 Å². The zero-order chi connectivity index (χ0) is 16.6. The maximum absolute atomic E-state index is 12.3. The zero-order valence-electron chi connectivity index (χ0n) is 12.6. The number of benzene rings is 2. The summed E-state index contributed by atoms with van der Waals surface area (Å²) >= 11 is 5.91. The lowest BCUT2D eigenvalue weighted by molar-refractivity contribution is -0.114. The second-order valence-electron chi connectivity index (χ2n) is 5.06. The number of methoxy groups -OCH3 is 2. The molecule has 3 rings (SSSR count). The number of ketones is 1. The standard InChI is InChI=1S/C17H14ClNO4/c1-22-12-5-3-10(15(8-12)23-2)9-19-14-6-4-11(18)7-13(14)16(20)17(19)21/h3-8H,9H2,1-2H3. The first-order chi connectivity index (χ1) is 11.0. The molecule has 0 N–H and O–H groups in total. The molecular formula is C17H14ClNO4. The highest BCUT2D eigenvalue weighted by Crippen LogP contribution is 2.34. The lowest BCUT2D eigenvalue weighted by Crippen LogP contribution is -2.29. The number of amides is 1. The number of hydrogen-bond donors (Lipinski definition) is 0. The van der Waals surface area contributed by atoms with E-state index in [-0.39, 0.29) is 6.54 Å². The van der Waals surface area contributed by atoms with E-state index in [1.807, 2.05) is 6.07 Å². The molecule has 2 aromatic rings. The van der Waals surface area contributed by atoms with Gasteiger partial charge in [0.25, 0.3) is 11.7 Å². The molecule has 0 unspecified atom stereocenters. The molecule has 5 nitrogen and oxygen atoms in total. The average molecular weight is 332 g/mol. The Morgan fingerprint density at radius 1 is 1.04 bits per heavy atom. The van der Waals surface area contributed by atoms with Gasteiger partial charge in [-0.1, -0.05) is 11.6 Å². The van der Waals surface area contributed by atoms with Crippen LogP contribution >= 0.6 is 11.6 Å². The summed E-state index contributed by atoms with van der Waals surface area (Å²) in [5, 5.41) is 0.425. The topological polar surface area (TPSA) is 55.8 Å².